The van der Waals surface area contributed by atoms with Gasteiger partial charge in [0.25, 0.3) is 0 Å². The third kappa shape index (κ3) is 5.13. The maximum atomic E-state index is 12.9. The van der Waals surface area contributed by atoms with Crippen LogP contribution in [-0.2, 0) is 14.8 Å². The molecule has 4 rings (SSSR count). The summed E-state index contributed by atoms with van der Waals surface area (Å²) < 4.78 is 27.9. The number of aromatic nitrogens is 3. The van der Waals surface area contributed by atoms with Crippen LogP contribution in [0.4, 0.5) is 5.69 Å². The molecule has 1 aromatic heterocycles. The van der Waals surface area contributed by atoms with E-state index in [9.17, 15) is 13.2 Å². The molecule has 1 N–H and O–H groups in total. The Morgan fingerprint density at radius 3 is 2.52 bits per heavy atom. The number of thioether (sulfide) groups is 1. The number of hydrogen-bond acceptors (Lipinski definition) is 6. The summed E-state index contributed by atoms with van der Waals surface area (Å²) in [5.74, 6) is 1.08. The van der Waals surface area contributed by atoms with E-state index in [4.69, 9.17) is 4.98 Å². The van der Waals surface area contributed by atoms with Gasteiger partial charge in [-0.15, -0.1) is 5.10 Å². The van der Waals surface area contributed by atoms with E-state index in [-0.39, 0.29) is 10.8 Å². The lowest BCUT2D eigenvalue weighted by atomic mass is 10.2. The van der Waals surface area contributed by atoms with Crippen LogP contribution in [0, 0.1) is 6.92 Å². The number of amides is 1. The summed E-state index contributed by atoms with van der Waals surface area (Å²) in [6, 6.07) is 14.6. The summed E-state index contributed by atoms with van der Waals surface area (Å²) >= 11 is 1.28. The summed E-state index contributed by atoms with van der Waals surface area (Å²) in [5, 5.41) is 7.59. The molecule has 8 nitrogen and oxygen atoms in total. The van der Waals surface area contributed by atoms with Crippen molar-refractivity contribution in [2.75, 3.05) is 19.4 Å². The topological polar surface area (TPSA) is 97.2 Å². The molecule has 1 saturated carbocycles. The number of carbonyl (C=O) groups excluding carboxylic acids is 1. The van der Waals surface area contributed by atoms with Crippen LogP contribution in [0.5, 0.6) is 0 Å². The number of sulfonamides is 1. The molecule has 10 heteroatoms. The van der Waals surface area contributed by atoms with Gasteiger partial charge < -0.3 is 5.32 Å². The van der Waals surface area contributed by atoms with E-state index in [1.807, 2.05) is 41.9 Å². The molecule has 0 saturated heterocycles. The Hall–Kier alpha value is -2.69. The van der Waals surface area contributed by atoms with Crippen LogP contribution in [-0.4, -0.2) is 52.7 Å². The van der Waals surface area contributed by atoms with Crippen LogP contribution in [0.1, 0.15) is 37.1 Å². The lowest BCUT2D eigenvalue weighted by molar-refractivity contribution is -0.115. The molecule has 0 bridgehead atoms. The molecule has 0 spiro atoms. The van der Waals surface area contributed by atoms with Crippen molar-refractivity contribution in [3.63, 3.8) is 0 Å². The smallest absolute Gasteiger partial charge is 0.242 e. The molecule has 2 aromatic carbocycles. The van der Waals surface area contributed by atoms with E-state index < -0.39 is 15.3 Å². The lowest BCUT2D eigenvalue weighted by Crippen LogP contribution is -2.24. The summed E-state index contributed by atoms with van der Waals surface area (Å²) in [6.45, 7) is 3.61. The van der Waals surface area contributed by atoms with Gasteiger partial charge in [0.05, 0.1) is 15.8 Å². The molecule has 1 amide bonds. The van der Waals surface area contributed by atoms with Crippen molar-refractivity contribution in [1.29, 1.82) is 0 Å². The fraction of sp³-hybridized carbons (Fsp3) is 0.348. The largest absolute Gasteiger partial charge is 0.325 e. The van der Waals surface area contributed by atoms with E-state index in [0.717, 1.165) is 34.2 Å². The van der Waals surface area contributed by atoms with Gasteiger partial charge in [-0.2, -0.15) is 0 Å². The molecular weight excluding hydrogens is 458 g/mol. The van der Waals surface area contributed by atoms with E-state index in [1.165, 1.54) is 38.0 Å². The van der Waals surface area contributed by atoms with Gasteiger partial charge >= 0.3 is 0 Å². The number of rotatable bonds is 8. The average Bonchev–Trinajstić information content (AvgIpc) is 3.55. The summed E-state index contributed by atoms with van der Waals surface area (Å²) in [4.78, 5) is 17.8. The summed E-state index contributed by atoms with van der Waals surface area (Å²) in [7, 11) is -0.646. The first kappa shape index (κ1) is 23.5. The second kappa shape index (κ2) is 9.28. The number of hydrogen-bond donors (Lipinski definition) is 1. The molecule has 1 aliphatic rings. The van der Waals surface area contributed by atoms with Crippen molar-refractivity contribution in [1.82, 2.24) is 19.1 Å². The number of para-hydroxylation sites is 1. The van der Waals surface area contributed by atoms with Crippen molar-refractivity contribution in [2.24, 2.45) is 0 Å². The van der Waals surface area contributed by atoms with Gasteiger partial charge in [0.2, 0.25) is 21.1 Å². The first-order chi connectivity index (χ1) is 15.7. The molecule has 1 fully saturated rings. The predicted molar refractivity (Wildman–Crippen MR) is 129 cm³/mol. The zero-order chi connectivity index (χ0) is 23.8. The average molecular weight is 486 g/mol. The fourth-order valence-electron chi connectivity index (χ4n) is 3.27. The van der Waals surface area contributed by atoms with Crippen LogP contribution in [0.25, 0.3) is 5.69 Å². The fourth-order valence-corrected chi connectivity index (χ4v) is 4.96. The van der Waals surface area contributed by atoms with E-state index in [1.54, 1.807) is 13.0 Å². The van der Waals surface area contributed by atoms with Crippen LogP contribution >= 0.6 is 11.8 Å². The molecule has 1 aliphatic carbocycles. The van der Waals surface area contributed by atoms with Gasteiger partial charge in [-0.1, -0.05) is 36.0 Å². The second-order valence-electron chi connectivity index (χ2n) is 8.29. The van der Waals surface area contributed by atoms with Gasteiger partial charge in [-0.3, -0.25) is 4.79 Å². The molecular formula is C23H27N5O3S2. The highest BCUT2D eigenvalue weighted by Crippen LogP contribution is 2.40. The summed E-state index contributed by atoms with van der Waals surface area (Å²) in [6.07, 6.45) is 2.19. The van der Waals surface area contributed by atoms with Gasteiger partial charge in [-0.05, 0) is 56.5 Å². The number of anilines is 1. The van der Waals surface area contributed by atoms with Crippen molar-refractivity contribution >= 4 is 33.4 Å². The highest BCUT2D eigenvalue weighted by molar-refractivity contribution is 8.00. The number of nitrogens with one attached hydrogen (secondary N) is 1. The first-order valence-corrected chi connectivity index (χ1v) is 13.0. The van der Waals surface area contributed by atoms with Gasteiger partial charge in [0.1, 0.15) is 5.82 Å². The zero-order valence-corrected chi connectivity index (χ0v) is 20.7. The quantitative estimate of drug-likeness (QED) is 0.487. The van der Waals surface area contributed by atoms with Crippen LogP contribution in [0.15, 0.2) is 58.6 Å². The molecule has 0 unspecified atom stereocenters. The second-order valence-corrected chi connectivity index (χ2v) is 11.7. The van der Waals surface area contributed by atoms with Crippen molar-refractivity contribution < 1.29 is 13.2 Å². The lowest BCUT2D eigenvalue weighted by Gasteiger charge is -2.15. The monoisotopic (exact) mass is 485 g/mol. The molecule has 1 atom stereocenters. The number of benzene rings is 2. The predicted octanol–water partition coefficient (Wildman–Crippen LogP) is 3.82. The first-order valence-electron chi connectivity index (χ1n) is 10.7. The van der Waals surface area contributed by atoms with Gasteiger partial charge in [0.15, 0.2) is 0 Å². The zero-order valence-electron chi connectivity index (χ0n) is 19.0. The Morgan fingerprint density at radius 2 is 1.88 bits per heavy atom. The maximum Gasteiger partial charge on any atom is 0.242 e. The standard InChI is InChI=1S/C23H27N5O3S2/c1-15-10-13-19(33(30,31)27(3)4)14-20(15)24-22(29)16(2)32-23-25-21(17-11-12-17)28(26-23)18-8-6-5-7-9-18/h5-10,13-14,16-17H,11-12H2,1-4H3,(H,24,29)/t16-/m0/s1. The molecule has 0 aliphatic heterocycles. The van der Waals surface area contributed by atoms with Crippen molar-refractivity contribution in [3.05, 3.63) is 59.9 Å². The third-order valence-electron chi connectivity index (χ3n) is 5.45. The maximum absolute atomic E-state index is 12.9. The van der Waals surface area contributed by atoms with Crippen LogP contribution < -0.4 is 5.32 Å². The number of nitrogens with zero attached hydrogens (tertiary/aromatic N) is 4. The number of carbonyl (C=O) groups is 1. The molecule has 3 aromatic rings. The minimum atomic E-state index is -3.60. The highest BCUT2D eigenvalue weighted by Gasteiger charge is 2.31. The van der Waals surface area contributed by atoms with E-state index in [2.05, 4.69) is 10.4 Å². The Morgan fingerprint density at radius 1 is 1.18 bits per heavy atom. The molecule has 33 heavy (non-hydrogen) atoms. The van der Waals surface area contributed by atoms with E-state index in [0.29, 0.717) is 16.8 Å². The van der Waals surface area contributed by atoms with Gasteiger partial charge in [-0.25, -0.2) is 22.4 Å². The molecule has 1 heterocycles. The Bertz CT molecular complexity index is 1270. The Kier molecular flexibility index (Phi) is 6.60. The minimum absolute atomic E-state index is 0.131. The SMILES string of the molecule is Cc1ccc(S(=O)(=O)N(C)C)cc1NC(=O)[C@H](C)Sc1nc(C2CC2)n(-c2ccccc2)n1. The van der Waals surface area contributed by atoms with Crippen molar-refractivity contribution in [2.45, 2.75) is 47.9 Å². The van der Waals surface area contributed by atoms with Crippen LogP contribution in [0.3, 0.4) is 0 Å². The van der Waals surface area contributed by atoms with Crippen molar-refractivity contribution in [3.8, 4) is 5.69 Å². The highest BCUT2D eigenvalue weighted by atomic mass is 32.2. The molecule has 174 valence electrons. The van der Waals surface area contributed by atoms with Gasteiger partial charge in [0, 0.05) is 25.7 Å². The Balaban J connectivity index is 1.51. The minimum Gasteiger partial charge on any atom is -0.325 e. The van der Waals surface area contributed by atoms with E-state index >= 15 is 0 Å². The Labute approximate surface area is 198 Å². The van der Waals surface area contributed by atoms with Crippen LogP contribution in [0.2, 0.25) is 0 Å². The summed E-state index contributed by atoms with van der Waals surface area (Å²) in [5.41, 5.74) is 2.20. The number of aryl methyl sites for hydroxylation is 1. The third-order valence-corrected chi connectivity index (χ3v) is 8.22. The molecule has 0 radical (unpaired) electrons. The normalized spacial score (nSPS) is 14.9.